The second-order valence-electron chi connectivity index (χ2n) is 5.74. The summed E-state index contributed by atoms with van der Waals surface area (Å²) in [4.78, 5) is 12.6. The number of carbonyl (C=O) groups excluding carboxylic acids is 1. The predicted octanol–water partition coefficient (Wildman–Crippen LogP) is 4.57. The van der Waals surface area contributed by atoms with E-state index in [1.165, 1.54) is 5.56 Å². The maximum atomic E-state index is 12.6. The first-order chi connectivity index (χ1) is 12.1. The molecule has 0 aliphatic rings. The Balaban J connectivity index is 2.06. The molecule has 2 aromatic rings. The highest BCUT2D eigenvalue weighted by atomic mass is 32.2. The van der Waals surface area contributed by atoms with Gasteiger partial charge in [-0.25, -0.2) is 0 Å². The van der Waals surface area contributed by atoms with Crippen LogP contribution in [0.15, 0.2) is 48.5 Å². The monoisotopic (exact) mass is 358 g/mol. The van der Waals surface area contributed by atoms with Gasteiger partial charge in [-0.2, -0.15) is 0 Å². The van der Waals surface area contributed by atoms with Crippen molar-refractivity contribution in [3.63, 3.8) is 0 Å². The summed E-state index contributed by atoms with van der Waals surface area (Å²) in [5.41, 5.74) is 3.41. The first-order valence-corrected chi connectivity index (χ1v) is 9.95. The summed E-state index contributed by atoms with van der Waals surface area (Å²) >= 11 is 0. The lowest BCUT2D eigenvalue weighted by Crippen LogP contribution is -2.14. The van der Waals surface area contributed by atoms with Crippen LogP contribution in [0.25, 0.3) is 0 Å². The predicted molar refractivity (Wildman–Crippen MR) is 110 cm³/mol. The molecule has 0 radical (unpaired) electrons. The molecule has 2 rings (SSSR count). The molecule has 0 heterocycles. The second kappa shape index (κ2) is 10.0. The van der Waals surface area contributed by atoms with Gasteiger partial charge in [0.1, 0.15) is 0 Å². The number of carbonyl (C=O) groups is 1. The van der Waals surface area contributed by atoms with E-state index in [9.17, 15) is 4.79 Å². The largest absolute Gasteiger partial charge is 0.384 e. The van der Waals surface area contributed by atoms with Crippen LogP contribution < -0.4 is 10.0 Å². The van der Waals surface area contributed by atoms with Crippen molar-refractivity contribution in [2.45, 2.75) is 19.8 Å². The molecule has 0 spiro atoms. The molecule has 4 nitrogen and oxygen atoms in total. The SMILES string of the molecule is C=S(CCC)Nc1ccccc1C(=O)Nc1ccc(CCOC)cc1. The molecule has 1 atom stereocenters. The second-order valence-corrected chi connectivity index (χ2v) is 7.34. The van der Waals surface area contributed by atoms with E-state index >= 15 is 0 Å². The van der Waals surface area contributed by atoms with Crippen LogP contribution in [-0.2, 0) is 11.2 Å². The number of benzene rings is 2. The number of nitrogens with one attached hydrogen (secondary N) is 2. The number of anilines is 2. The molecule has 0 saturated heterocycles. The third-order valence-electron chi connectivity index (χ3n) is 3.68. The quantitative estimate of drug-likeness (QED) is 0.646. The fourth-order valence-electron chi connectivity index (χ4n) is 2.40. The molecule has 1 unspecified atom stereocenters. The molecule has 2 N–H and O–H groups in total. The van der Waals surface area contributed by atoms with Gasteiger partial charge in [0.05, 0.1) is 17.9 Å². The summed E-state index contributed by atoms with van der Waals surface area (Å²) < 4.78 is 8.43. The van der Waals surface area contributed by atoms with Crippen molar-refractivity contribution in [1.29, 1.82) is 0 Å². The number of ether oxygens (including phenoxy) is 1. The molecule has 0 fully saturated rings. The van der Waals surface area contributed by atoms with E-state index in [4.69, 9.17) is 4.74 Å². The number of rotatable bonds is 9. The molecule has 134 valence electrons. The number of hydrogen-bond donors (Lipinski definition) is 2. The van der Waals surface area contributed by atoms with Crippen molar-refractivity contribution in [3.05, 3.63) is 59.7 Å². The van der Waals surface area contributed by atoms with Gasteiger partial charge < -0.3 is 14.8 Å². The van der Waals surface area contributed by atoms with E-state index in [1.807, 2.05) is 48.5 Å². The minimum Gasteiger partial charge on any atom is -0.384 e. The molecule has 0 aliphatic heterocycles. The molecule has 1 amide bonds. The van der Waals surface area contributed by atoms with Gasteiger partial charge in [-0.05, 0) is 42.7 Å². The van der Waals surface area contributed by atoms with Crippen LogP contribution in [0, 0.1) is 0 Å². The lowest BCUT2D eigenvalue weighted by atomic mass is 10.1. The van der Waals surface area contributed by atoms with Crippen molar-refractivity contribution in [1.82, 2.24) is 0 Å². The Morgan fingerprint density at radius 3 is 2.56 bits per heavy atom. The van der Waals surface area contributed by atoms with E-state index in [0.717, 1.165) is 30.0 Å². The van der Waals surface area contributed by atoms with Gasteiger partial charge in [-0.3, -0.25) is 4.79 Å². The molecular weight excluding hydrogens is 332 g/mol. The summed E-state index contributed by atoms with van der Waals surface area (Å²) in [5, 5.41) is 2.96. The fourth-order valence-corrected chi connectivity index (χ4v) is 3.48. The standard InChI is InChI=1S/C20H26N2O2S/c1-4-15-25(3)22-19-8-6-5-7-18(19)20(23)21-17-11-9-16(10-12-17)13-14-24-2/h5-12,22H,3-4,13-15H2,1-2H3,(H,21,23). The van der Waals surface area contributed by atoms with Crippen LogP contribution in [0.5, 0.6) is 0 Å². The first-order valence-electron chi connectivity index (χ1n) is 8.39. The molecular formula is C20H26N2O2S. The van der Waals surface area contributed by atoms with Crippen molar-refractivity contribution >= 4 is 33.8 Å². The minimum absolute atomic E-state index is 0.124. The van der Waals surface area contributed by atoms with Crippen LogP contribution in [0.4, 0.5) is 11.4 Å². The molecule has 0 saturated carbocycles. The number of para-hydroxylation sites is 1. The Bertz CT molecular complexity index is 714. The summed E-state index contributed by atoms with van der Waals surface area (Å²) in [5.74, 6) is 4.98. The highest BCUT2D eigenvalue weighted by molar-refractivity contribution is 8.15. The average molecular weight is 359 g/mol. The van der Waals surface area contributed by atoms with Gasteiger partial charge in [-0.1, -0.05) is 37.1 Å². The third-order valence-corrected chi connectivity index (χ3v) is 5.09. The summed E-state index contributed by atoms with van der Waals surface area (Å²) in [6.07, 6.45) is 1.92. The van der Waals surface area contributed by atoms with Crippen molar-refractivity contribution < 1.29 is 9.53 Å². The highest BCUT2D eigenvalue weighted by Gasteiger charge is 2.11. The Kier molecular flexibility index (Phi) is 7.70. The molecule has 0 aromatic heterocycles. The zero-order valence-corrected chi connectivity index (χ0v) is 15.7. The summed E-state index contributed by atoms with van der Waals surface area (Å²) in [6.45, 7) is 2.82. The van der Waals surface area contributed by atoms with Crippen molar-refractivity contribution in [2.75, 3.05) is 29.5 Å². The van der Waals surface area contributed by atoms with Gasteiger partial charge in [0.15, 0.2) is 0 Å². The normalized spacial score (nSPS) is 11.8. The Hall–Kier alpha value is -2.11. The zero-order chi connectivity index (χ0) is 18.1. The lowest BCUT2D eigenvalue weighted by Gasteiger charge is -2.14. The average Bonchev–Trinajstić information content (AvgIpc) is 2.61. The highest BCUT2D eigenvalue weighted by Crippen LogP contribution is 2.23. The number of hydrogen-bond acceptors (Lipinski definition) is 3. The molecule has 5 heteroatoms. The minimum atomic E-state index is -0.193. The van der Waals surface area contributed by atoms with Gasteiger partial charge >= 0.3 is 0 Å². The lowest BCUT2D eigenvalue weighted by molar-refractivity contribution is 0.102. The van der Waals surface area contributed by atoms with Gasteiger partial charge in [0.2, 0.25) is 0 Å². The topological polar surface area (TPSA) is 50.4 Å². The van der Waals surface area contributed by atoms with Crippen LogP contribution in [-0.4, -0.2) is 31.2 Å². The van der Waals surface area contributed by atoms with E-state index in [-0.39, 0.29) is 16.6 Å². The zero-order valence-electron chi connectivity index (χ0n) is 14.9. The van der Waals surface area contributed by atoms with Gasteiger partial charge in [-0.15, -0.1) is 10.7 Å². The van der Waals surface area contributed by atoms with Crippen LogP contribution in [0.2, 0.25) is 0 Å². The number of methoxy groups -OCH3 is 1. The van der Waals surface area contributed by atoms with E-state index in [0.29, 0.717) is 12.2 Å². The fraction of sp³-hybridized carbons (Fsp3) is 0.300. The Labute approximate surface area is 152 Å². The molecule has 0 bridgehead atoms. The van der Waals surface area contributed by atoms with Crippen LogP contribution in [0.3, 0.4) is 0 Å². The third kappa shape index (κ3) is 6.03. The molecule has 0 aliphatic carbocycles. The molecule has 2 aromatic carbocycles. The molecule has 25 heavy (non-hydrogen) atoms. The van der Waals surface area contributed by atoms with Gasteiger partial charge in [0, 0.05) is 18.6 Å². The smallest absolute Gasteiger partial charge is 0.257 e. The summed E-state index contributed by atoms with van der Waals surface area (Å²) in [6, 6.07) is 15.4. The van der Waals surface area contributed by atoms with E-state index in [2.05, 4.69) is 22.8 Å². The van der Waals surface area contributed by atoms with Crippen molar-refractivity contribution in [2.24, 2.45) is 0 Å². The van der Waals surface area contributed by atoms with E-state index in [1.54, 1.807) is 7.11 Å². The Morgan fingerprint density at radius 1 is 1.16 bits per heavy atom. The van der Waals surface area contributed by atoms with Gasteiger partial charge in [0.25, 0.3) is 5.91 Å². The Morgan fingerprint density at radius 2 is 1.88 bits per heavy atom. The van der Waals surface area contributed by atoms with Crippen LogP contribution in [0.1, 0.15) is 29.3 Å². The number of amides is 1. The summed E-state index contributed by atoms with van der Waals surface area (Å²) in [7, 11) is 1.50. The maximum Gasteiger partial charge on any atom is 0.257 e. The van der Waals surface area contributed by atoms with Crippen molar-refractivity contribution in [3.8, 4) is 0 Å². The first kappa shape index (κ1) is 19.2. The maximum absolute atomic E-state index is 12.6. The van der Waals surface area contributed by atoms with Crippen LogP contribution >= 0.6 is 10.7 Å². The van der Waals surface area contributed by atoms with E-state index < -0.39 is 0 Å².